The molecule has 0 atom stereocenters. The summed E-state index contributed by atoms with van der Waals surface area (Å²) in [4.78, 5) is 12.0. The van der Waals surface area contributed by atoms with Crippen molar-refractivity contribution in [1.82, 2.24) is 5.32 Å². The van der Waals surface area contributed by atoms with Gasteiger partial charge in [-0.2, -0.15) is 0 Å². The molecule has 1 amide bonds. The van der Waals surface area contributed by atoms with Gasteiger partial charge in [0.1, 0.15) is 0 Å². The van der Waals surface area contributed by atoms with Gasteiger partial charge in [-0.15, -0.1) is 0 Å². The number of halogens is 1. The Kier molecular flexibility index (Phi) is 3.84. The van der Waals surface area contributed by atoms with Gasteiger partial charge in [0.2, 0.25) is 0 Å². The summed E-state index contributed by atoms with van der Waals surface area (Å²) in [5.41, 5.74) is 1.73. The molecular formula is C13H16BrNO2. The molecule has 0 aliphatic heterocycles. The Morgan fingerprint density at radius 1 is 1.47 bits per heavy atom. The predicted octanol–water partition coefficient (Wildman–Crippen LogP) is 2.66. The maximum Gasteiger partial charge on any atom is 0.251 e. The van der Waals surface area contributed by atoms with Crippen molar-refractivity contribution < 1.29 is 9.53 Å². The Hall–Kier alpha value is -0.870. The van der Waals surface area contributed by atoms with Crippen molar-refractivity contribution in [3.8, 4) is 0 Å². The SMILES string of the molecule is COC1CC(NC(=O)c2cc(Br)ccc2C)C1. The van der Waals surface area contributed by atoms with E-state index in [0.29, 0.717) is 6.10 Å². The van der Waals surface area contributed by atoms with E-state index >= 15 is 0 Å². The van der Waals surface area contributed by atoms with Crippen LogP contribution >= 0.6 is 15.9 Å². The highest BCUT2D eigenvalue weighted by atomic mass is 79.9. The molecular weight excluding hydrogens is 282 g/mol. The van der Waals surface area contributed by atoms with E-state index in [9.17, 15) is 4.79 Å². The van der Waals surface area contributed by atoms with Crippen LogP contribution in [0.25, 0.3) is 0 Å². The van der Waals surface area contributed by atoms with Crippen molar-refractivity contribution in [2.75, 3.05) is 7.11 Å². The van der Waals surface area contributed by atoms with E-state index in [2.05, 4.69) is 21.2 Å². The number of hydrogen-bond acceptors (Lipinski definition) is 2. The van der Waals surface area contributed by atoms with Gasteiger partial charge in [-0.3, -0.25) is 4.79 Å². The summed E-state index contributed by atoms with van der Waals surface area (Å²) in [6, 6.07) is 6.00. The summed E-state index contributed by atoms with van der Waals surface area (Å²) in [5.74, 6) is 0.00310. The van der Waals surface area contributed by atoms with Crippen LogP contribution in [0.1, 0.15) is 28.8 Å². The molecule has 17 heavy (non-hydrogen) atoms. The second-order valence-electron chi connectivity index (χ2n) is 4.46. The minimum absolute atomic E-state index is 0.00310. The van der Waals surface area contributed by atoms with Crippen LogP contribution < -0.4 is 5.32 Å². The molecule has 0 unspecified atom stereocenters. The molecule has 92 valence electrons. The topological polar surface area (TPSA) is 38.3 Å². The van der Waals surface area contributed by atoms with Crippen LogP contribution in [0.15, 0.2) is 22.7 Å². The average Bonchev–Trinajstić information content (AvgIpc) is 2.25. The second kappa shape index (κ2) is 5.19. The molecule has 1 aliphatic rings. The molecule has 1 aromatic carbocycles. The molecule has 1 saturated carbocycles. The zero-order chi connectivity index (χ0) is 12.4. The molecule has 4 heteroatoms. The fourth-order valence-corrected chi connectivity index (χ4v) is 2.34. The van der Waals surface area contributed by atoms with Gasteiger partial charge in [0, 0.05) is 23.2 Å². The quantitative estimate of drug-likeness (QED) is 0.931. The number of carbonyl (C=O) groups is 1. The van der Waals surface area contributed by atoms with Crippen molar-refractivity contribution in [2.24, 2.45) is 0 Å². The molecule has 0 spiro atoms. The van der Waals surface area contributed by atoms with E-state index in [4.69, 9.17) is 4.74 Å². The number of amides is 1. The van der Waals surface area contributed by atoms with Crippen molar-refractivity contribution in [3.05, 3.63) is 33.8 Å². The number of carbonyl (C=O) groups excluding carboxylic acids is 1. The van der Waals surface area contributed by atoms with Crippen molar-refractivity contribution >= 4 is 21.8 Å². The molecule has 0 bridgehead atoms. The highest BCUT2D eigenvalue weighted by Crippen LogP contribution is 2.23. The third-order valence-corrected chi connectivity index (χ3v) is 3.70. The third-order valence-electron chi connectivity index (χ3n) is 3.21. The highest BCUT2D eigenvalue weighted by Gasteiger charge is 2.30. The van der Waals surface area contributed by atoms with E-state index in [0.717, 1.165) is 28.4 Å². The van der Waals surface area contributed by atoms with Crippen molar-refractivity contribution in [1.29, 1.82) is 0 Å². The first-order valence-electron chi connectivity index (χ1n) is 5.70. The van der Waals surface area contributed by atoms with Gasteiger partial charge in [0.25, 0.3) is 5.91 Å². The first kappa shape index (κ1) is 12.6. The fraction of sp³-hybridized carbons (Fsp3) is 0.462. The van der Waals surface area contributed by atoms with Gasteiger partial charge < -0.3 is 10.1 Å². The number of rotatable bonds is 3. The van der Waals surface area contributed by atoms with Crippen LogP contribution in [-0.4, -0.2) is 25.2 Å². The monoisotopic (exact) mass is 297 g/mol. The Morgan fingerprint density at radius 3 is 2.82 bits per heavy atom. The number of benzene rings is 1. The van der Waals surface area contributed by atoms with Gasteiger partial charge >= 0.3 is 0 Å². The van der Waals surface area contributed by atoms with Gasteiger partial charge in [0.15, 0.2) is 0 Å². The highest BCUT2D eigenvalue weighted by molar-refractivity contribution is 9.10. The maximum atomic E-state index is 12.0. The van der Waals surface area contributed by atoms with E-state index < -0.39 is 0 Å². The molecule has 0 heterocycles. The molecule has 1 aromatic rings. The predicted molar refractivity (Wildman–Crippen MR) is 70.2 cm³/mol. The minimum atomic E-state index is 0.00310. The summed E-state index contributed by atoms with van der Waals surface area (Å²) < 4.78 is 6.12. The van der Waals surface area contributed by atoms with Gasteiger partial charge in [-0.1, -0.05) is 22.0 Å². The van der Waals surface area contributed by atoms with E-state index in [1.54, 1.807) is 7.11 Å². The van der Waals surface area contributed by atoms with E-state index in [1.807, 2.05) is 25.1 Å². The van der Waals surface area contributed by atoms with Crippen LogP contribution in [0.4, 0.5) is 0 Å². The Balaban J connectivity index is 1.98. The Morgan fingerprint density at radius 2 is 2.18 bits per heavy atom. The molecule has 0 radical (unpaired) electrons. The van der Waals surface area contributed by atoms with E-state index in [1.165, 1.54) is 0 Å². The number of ether oxygens (including phenoxy) is 1. The lowest BCUT2D eigenvalue weighted by Gasteiger charge is -2.34. The number of aryl methyl sites for hydroxylation is 1. The van der Waals surface area contributed by atoms with Crippen molar-refractivity contribution in [3.63, 3.8) is 0 Å². The standard InChI is InChI=1S/C13H16BrNO2/c1-8-3-4-9(14)5-12(8)13(16)15-10-6-11(7-10)17-2/h3-5,10-11H,6-7H2,1-2H3,(H,15,16). The van der Waals surface area contributed by atoms with Crippen LogP contribution in [0.3, 0.4) is 0 Å². The lowest BCUT2D eigenvalue weighted by atomic mass is 9.89. The number of hydrogen-bond donors (Lipinski definition) is 1. The molecule has 0 aromatic heterocycles. The summed E-state index contributed by atoms with van der Waals surface area (Å²) in [7, 11) is 1.71. The molecule has 3 nitrogen and oxygen atoms in total. The molecule has 1 fully saturated rings. The first-order chi connectivity index (χ1) is 8.10. The normalized spacial score (nSPS) is 23.0. The molecule has 1 aliphatic carbocycles. The summed E-state index contributed by atoms with van der Waals surface area (Å²) in [6.45, 7) is 1.94. The summed E-state index contributed by atoms with van der Waals surface area (Å²) in [6.07, 6.45) is 2.13. The summed E-state index contributed by atoms with van der Waals surface area (Å²) >= 11 is 3.38. The largest absolute Gasteiger partial charge is 0.381 e. The molecule has 0 saturated heterocycles. The minimum Gasteiger partial charge on any atom is -0.381 e. The maximum absolute atomic E-state index is 12.0. The van der Waals surface area contributed by atoms with Crippen LogP contribution in [-0.2, 0) is 4.74 Å². The number of methoxy groups -OCH3 is 1. The van der Waals surface area contributed by atoms with Crippen molar-refractivity contribution in [2.45, 2.75) is 31.9 Å². The lowest BCUT2D eigenvalue weighted by molar-refractivity contribution is 0.0176. The molecule has 2 rings (SSSR count). The van der Waals surface area contributed by atoms with Gasteiger partial charge in [-0.25, -0.2) is 0 Å². The van der Waals surface area contributed by atoms with Crippen LogP contribution in [0.2, 0.25) is 0 Å². The summed E-state index contributed by atoms with van der Waals surface area (Å²) in [5, 5.41) is 3.03. The van der Waals surface area contributed by atoms with Gasteiger partial charge in [-0.05, 0) is 37.5 Å². The van der Waals surface area contributed by atoms with Gasteiger partial charge in [0.05, 0.1) is 6.10 Å². The Bertz CT molecular complexity index is 427. The average molecular weight is 298 g/mol. The smallest absolute Gasteiger partial charge is 0.251 e. The zero-order valence-electron chi connectivity index (χ0n) is 10.00. The van der Waals surface area contributed by atoms with E-state index in [-0.39, 0.29) is 11.9 Å². The Labute approximate surface area is 110 Å². The van der Waals surface area contributed by atoms with Crippen LogP contribution in [0.5, 0.6) is 0 Å². The molecule has 1 N–H and O–H groups in total. The van der Waals surface area contributed by atoms with Crippen LogP contribution in [0, 0.1) is 6.92 Å². The lowest BCUT2D eigenvalue weighted by Crippen LogP contribution is -2.47. The zero-order valence-corrected chi connectivity index (χ0v) is 11.6. The first-order valence-corrected chi connectivity index (χ1v) is 6.49. The number of nitrogens with one attached hydrogen (secondary N) is 1. The fourth-order valence-electron chi connectivity index (χ4n) is 1.98. The third kappa shape index (κ3) is 2.87. The second-order valence-corrected chi connectivity index (χ2v) is 5.37.